The number of hydrogen-bond acceptors (Lipinski definition) is 6. The van der Waals surface area contributed by atoms with Crippen LogP contribution in [0.1, 0.15) is 40.9 Å². The first-order valence-electron chi connectivity index (χ1n) is 11.8. The minimum atomic E-state index is -0.177. The number of benzene rings is 2. The third-order valence-corrected chi connectivity index (χ3v) is 5.77. The van der Waals surface area contributed by atoms with Crippen molar-refractivity contribution in [2.75, 3.05) is 53.1 Å². The zero-order chi connectivity index (χ0) is 24.3. The van der Waals surface area contributed by atoms with Crippen molar-refractivity contribution in [1.82, 2.24) is 15.5 Å². The van der Waals surface area contributed by atoms with E-state index in [1.54, 1.807) is 13.2 Å². The molecule has 0 radical (unpaired) electrons. The van der Waals surface area contributed by atoms with Gasteiger partial charge in [-0.05, 0) is 43.7 Å². The van der Waals surface area contributed by atoms with Gasteiger partial charge in [0.1, 0.15) is 0 Å². The van der Waals surface area contributed by atoms with Crippen LogP contribution in [0.5, 0.6) is 11.5 Å². The number of rotatable bonds is 11. The fraction of sp³-hybridized carbons (Fsp3) is 0.462. The topological polar surface area (TPSA) is 89.1 Å². The molecule has 0 bridgehead atoms. The number of aryl methyl sites for hydroxylation is 1. The highest BCUT2D eigenvalue weighted by Gasteiger charge is 2.24. The molecule has 0 saturated carbocycles. The zero-order valence-electron chi connectivity index (χ0n) is 20.3. The lowest BCUT2D eigenvalue weighted by Gasteiger charge is -2.35. The Morgan fingerprint density at radius 3 is 2.59 bits per heavy atom. The highest BCUT2D eigenvalue weighted by atomic mass is 16.5. The smallest absolute Gasteiger partial charge is 0.251 e. The van der Waals surface area contributed by atoms with Crippen molar-refractivity contribution in [2.24, 2.45) is 0 Å². The highest BCUT2D eigenvalue weighted by Crippen LogP contribution is 2.32. The van der Waals surface area contributed by atoms with Crippen LogP contribution in [0.15, 0.2) is 42.5 Å². The predicted molar refractivity (Wildman–Crippen MR) is 130 cm³/mol. The molecule has 1 fully saturated rings. The molecule has 1 aliphatic heterocycles. The average molecular weight is 470 g/mol. The van der Waals surface area contributed by atoms with Gasteiger partial charge in [0.25, 0.3) is 5.91 Å². The van der Waals surface area contributed by atoms with Gasteiger partial charge in [-0.25, -0.2) is 0 Å². The third-order valence-electron chi connectivity index (χ3n) is 5.77. The molecule has 1 unspecified atom stereocenters. The first-order valence-corrected chi connectivity index (χ1v) is 11.8. The van der Waals surface area contributed by atoms with E-state index in [1.165, 1.54) is 0 Å². The summed E-state index contributed by atoms with van der Waals surface area (Å²) in [6, 6.07) is 13.2. The van der Waals surface area contributed by atoms with E-state index < -0.39 is 0 Å². The number of nitrogens with one attached hydrogen (secondary N) is 2. The van der Waals surface area contributed by atoms with Crippen molar-refractivity contribution in [2.45, 2.75) is 26.3 Å². The summed E-state index contributed by atoms with van der Waals surface area (Å²) in [5.74, 6) is 1.08. The molecule has 2 N–H and O–H groups in total. The van der Waals surface area contributed by atoms with E-state index in [1.807, 2.05) is 50.2 Å². The fourth-order valence-electron chi connectivity index (χ4n) is 3.99. The van der Waals surface area contributed by atoms with Crippen LogP contribution in [0.25, 0.3) is 0 Å². The van der Waals surface area contributed by atoms with E-state index >= 15 is 0 Å². The van der Waals surface area contributed by atoms with Gasteiger partial charge in [-0.3, -0.25) is 14.5 Å². The lowest BCUT2D eigenvalue weighted by molar-refractivity contribution is -0.121. The Morgan fingerprint density at radius 2 is 1.88 bits per heavy atom. The summed E-state index contributed by atoms with van der Waals surface area (Å²) in [5, 5.41) is 5.85. The number of ether oxygens (including phenoxy) is 3. The van der Waals surface area contributed by atoms with Crippen LogP contribution in [0, 0.1) is 6.92 Å². The van der Waals surface area contributed by atoms with Crippen LogP contribution in [-0.4, -0.2) is 69.8 Å². The van der Waals surface area contributed by atoms with Gasteiger partial charge in [0, 0.05) is 38.2 Å². The number of nitrogens with zero attached hydrogens (tertiary/aromatic N) is 1. The van der Waals surface area contributed by atoms with Crippen LogP contribution in [0.4, 0.5) is 0 Å². The first-order chi connectivity index (χ1) is 16.5. The molecule has 0 spiro atoms. The number of carbonyl (C=O) groups excluding carboxylic acids is 2. The number of carbonyl (C=O) groups is 2. The molecule has 0 aliphatic carbocycles. The van der Waals surface area contributed by atoms with E-state index in [4.69, 9.17) is 14.2 Å². The Morgan fingerprint density at radius 1 is 1.09 bits per heavy atom. The average Bonchev–Trinajstić information content (AvgIpc) is 2.85. The minimum Gasteiger partial charge on any atom is -0.493 e. The molecule has 3 rings (SSSR count). The molecule has 34 heavy (non-hydrogen) atoms. The molecule has 1 saturated heterocycles. The highest BCUT2D eigenvalue weighted by molar-refractivity contribution is 5.94. The number of hydrogen-bond donors (Lipinski definition) is 2. The Hall–Kier alpha value is -3.10. The SMILES string of the molecule is CCOc1ccc(C(CNC(=O)CCNC(=O)c2cccc(C)c2)N2CCOCC2)cc1OC. The zero-order valence-corrected chi connectivity index (χ0v) is 20.3. The molecular weight excluding hydrogens is 434 g/mol. The second kappa shape index (κ2) is 13.0. The first kappa shape index (κ1) is 25.5. The van der Waals surface area contributed by atoms with Gasteiger partial charge in [-0.1, -0.05) is 23.8 Å². The van der Waals surface area contributed by atoms with Gasteiger partial charge in [0.15, 0.2) is 11.5 Å². The summed E-state index contributed by atoms with van der Waals surface area (Å²) >= 11 is 0. The summed E-state index contributed by atoms with van der Waals surface area (Å²) in [7, 11) is 1.62. The minimum absolute atomic E-state index is 0.0284. The van der Waals surface area contributed by atoms with Gasteiger partial charge in [0.05, 0.1) is 33.0 Å². The molecule has 1 heterocycles. The van der Waals surface area contributed by atoms with E-state index in [0.717, 1.165) is 24.2 Å². The predicted octanol–water partition coefficient (Wildman–Crippen LogP) is 2.71. The van der Waals surface area contributed by atoms with Crippen molar-refractivity contribution in [1.29, 1.82) is 0 Å². The van der Waals surface area contributed by atoms with Gasteiger partial charge in [0.2, 0.25) is 5.91 Å². The Kier molecular flexibility index (Phi) is 9.73. The molecule has 2 amide bonds. The quantitative estimate of drug-likeness (QED) is 0.526. The van der Waals surface area contributed by atoms with E-state index in [2.05, 4.69) is 15.5 Å². The third kappa shape index (κ3) is 7.20. The van der Waals surface area contributed by atoms with Gasteiger partial charge in [-0.2, -0.15) is 0 Å². The molecule has 2 aromatic rings. The molecule has 2 aromatic carbocycles. The summed E-state index contributed by atoms with van der Waals surface area (Å²) in [4.78, 5) is 27.1. The van der Waals surface area contributed by atoms with Crippen molar-refractivity contribution < 1.29 is 23.8 Å². The molecule has 1 atom stereocenters. The second-order valence-electron chi connectivity index (χ2n) is 8.19. The Bertz CT molecular complexity index is 959. The van der Waals surface area contributed by atoms with Crippen LogP contribution in [0.2, 0.25) is 0 Å². The van der Waals surface area contributed by atoms with Crippen LogP contribution < -0.4 is 20.1 Å². The van der Waals surface area contributed by atoms with Crippen molar-refractivity contribution >= 4 is 11.8 Å². The number of morpholine rings is 1. The number of methoxy groups -OCH3 is 1. The monoisotopic (exact) mass is 469 g/mol. The largest absolute Gasteiger partial charge is 0.493 e. The molecule has 8 nitrogen and oxygen atoms in total. The van der Waals surface area contributed by atoms with Crippen LogP contribution >= 0.6 is 0 Å². The normalized spacial score (nSPS) is 14.8. The van der Waals surface area contributed by atoms with Crippen LogP contribution in [-0.2, 0) is 9.53 Å². The fourth-order valence-corrected chi connectivity index (χ4v) is 3.99. The molecule has 0 aromatic heterocycles. The van der Waals surface area contributed by atoms with E-state index in [0.29, 0.717) is 43.4 Å². The summed E-state index contributed by atoms with van der Waals surface area (Å²) < 4.78 is 16.7. The summed E-state index contributed by atoms with van der Waals surface area (Å²) in [6.07, 6.45) is 0.208. The standard InChI is InChI=1S/C26H35N3O5/c1-4-34-23-9-8-20(17-24(23)32-3)22(29-12-14-33-15-13-29)18-28-25(30)10-11-27-26(31)21-7-5-6-19(2)16-21/h5-9,16-17,22H,4,10-15,18H2,1-3H3,(H,27,31)(H,28,30). The van der Waals surface area contributed by atoms with Crippen LogP contribution in [0.3, 0.4) is 0 Å². The Labute approximate surface area is 201 Å². The summed E-state index contributed by atoms with van der Waals surface area (Å²) in [5.41, 5.74) is 2.65. The summed E-state index contributed by atoms with van der Waals surface area (Å²) in [6.45, 7) is 8.02. The van der Waals surface area contributed by atoms with Gasteiger partial charge in [-0.15, -0.1) is 0 Å². The molecular formula is C26H35N3O5. The van der Waals surface area contributed by atoms with E-state index in [9.17, 15) is 9.59 Å². The van der Waals surface area contributed by atoms with Crippen molar-refractivity contribution in [3.05, 3.63) is 59.2 Å². The van der Waals surface area contributed by atoms with Gasteiger partial charge < -0.3 is 24.8 Å². The van der Waals surface area contributed by atoms with E-state index in [-0.39, 0.29) is 30.8 Å². The number of amides is 2. The molecule has 1 aliphatic rings. The molecule has 184 valence electrons. The maximum Gasteiger partial charge on any atom is 0.251 e. The van der Waals surface area contributed by atoms with Crippen molar-refractivity contribution in [3.8, 4) is 11.5 Å². The molecule has 8 heteroatoms. The second-order valence-corrected chi connectivity index (χ2v) is 8.19. The lowest BCUT2D eigenvalue weighted by Crippen LogP contribution is -2.44. The van der Waals surface area contributed by atoms with Gasteiger partial charge >= 0.3 is 0 Å². The maximum atomic E-state index is 12.5. The Balaban J connectivity index is 1.58. The van der Waals surface area contributed by atoms with Crippen molar-refractivity contribution in [3.63, 3.8) is 0 Å². The maximum absolute atomic E-state index is 12.5. The lowest BCUT2D eigenvalue weighted by atomic mass is 10.0.